The van der Waals surface area contributed by atoms with Crippen molar-refractivity contribution in [3.8, 4) is 0 Å². The maximum atomic E-state index is 12.0. The Bertz CT molecular complexity index is 940. The first-order chi connectivity index (χ1) is 13.5. The summed E-state index contributed by atoms with van der Waals surface area (Å²) in [5.41, 5.74) is 1.93. The molecule has 0 aromatic carbocycles. The maximum absolute atomic E-state index is 12.0. The van der Waals surface area contributed by atoms with Gasteiger partial charge in [0, 0.05) is 6.20 Å². The molecular formula is C23H36N2O3S. The lowest BCUT2D eigenvalue weighted by atomic mass is 9.44. The van der Waals surface area contributed by atoms with Gasteiger partial charge in [0.2, 0.25) is 0 Å². The number of aliphatic hydroxyl groups is 1. The van der Waals surface area contributed by atoms with Gasteiger partial charge in [0.15, 0.2) is 0 Å². The van der Waals surface area contributed by atoms with Crippen LogP contribution in [0.2, 0.25) is 0 Å². The second kappa shape index (κ2) is 6.09. The molecule has 0 radical (unpaired) electrons. The fourth-order valence-electron chi connectivity index (χ4n) is 8.39. The van der Waals surface area contributed by atoms with Crippen LogP contribution in [0.3, 0.4) is 0 Å². The minimum Gasteiger partial charge on any atom is -0.389 e. The summed E-state index contributed by atoms with van der Waals surface area (Å²) in [6.45, 7) is 6.99. The maximum Gasteiger partial charge on any atom is 0.250 e. The van der Waals surface area contributed by atoms with E-state index < -0.39 is 15.6 Å². The van der Waals surface area contributed by atoms with Crippen molar-refractivity contribution in [3.63, 3.8) is 0 Å². The van der Waals surface area contributed by atoms with Gasteiger partial charge in [-0.1, -0.05) is 20.8 Å². The largest absolute Gasteiger partial charge is 0.389 e. The SMILES string of the molecule is CC[C@]1(O)CC[C@H]2[C@@H]3CC[C@H]4Cc5nn(S(C)(=O)=O)cc5C[C@]4(C)[C@H]3CC[C@@]21C. The molecule has 0 unspecified atom stereocenters. The molecule has 29 heavy (non-hydrogen) atoms. The molecule has 1 N–H and O–H groups in total. The molecule has 1 heterocycles. The minimum absolute atomic E-state index is 0.0626. The molecule has 0 bridgehead atoms. The molecular weight excluding hydrogens is 384 g/mol. The molecule has 0 spiro atoms. The van der Waals surface area contributed by atoms with Crippen LogP contribution in [0.5, 0.6) is 0 Å². The van der Waals surface area contributed by atoms with Gasteiger partial charge in [0.05, 0.1) is 17.6 Å². The summed E-state index contributed by atoms with van der Waals surface area (Å²) in [6.07, 6.45) is 12.6. The molecule has 0 saturated heterocycles. The summed E-state index contributed by atoms with van der Waals surface area (Å²) in [7, 11) is -3.33. The van der Waals surface area contributed by atoms with E-state index in [2.05, 4.69) is 25.9 Å². The van der Waals surface area contributed by atoms with Gasteiger partial charge in [0.25, 0.3) is 10.0 Å². The summed E-state index contributed by atoms with van der Waals surface area (Å²) in [6, 6.07) is 0. The van der Waals surface area contributed by atoms with E-state index in [0.717, 1.165) is 43.4 Å². The van der Waals surface area contributed by atoms with Gasteiger partial charge in [-0.3, -0.25) is 0 Å². The van der Waals surface area contributed by atoms with Crippen molar-refractivity contribution >= 4 is 10.0 Å². The number of rotatable bonds is 2. The number of fused-ring (bicyclic) bond motifs is 6. The van der Waals surface area contributed by atoms with Crippen LogP contribution in [0.1, 0.15) is 77.0 Å². The zero-order valence-electron chi connectivity index (χ0n) is 18.3. The standard InChI is InChI=1S/C23H36N2O3S/c1-5-23(26)11-9-19-17-7-6-16-12-20-15(14-25(24-20)29(4,27)28)13-21(16,2)18(17)8-10-22(19,23)3/h14,16-19,26H,5-13H2,1-4H3/t16-,17+,18-,19-,21-,22-,23-/m0/s1. The second-order valence-electron chi connectivity index (χ2n) is 11.2. The number of hydrogen-bond donors (Lipinski definition) is 1. The average Bonchev–Trinajstić information content (AvgIpc) is 3.18. The third-order valence-corrected chi connectivity index (χ3v) is 11.0. The highest BCUT2D eigenvalue weighted by atomic mass is 32.2. The predicted octanol–water partition coefficient (Wildman–Crippen LogP) is 3.79. The first kappa shape index (κ1) is 20.0. The molecule has 4 aliphatic carbocycles. The van der Waals surface area contributed by atoms with Crippen LogP contribution in [0.15, 0.2) is 6.20 Å². The molecule has 5 nitrogen and oxygen atoms in total. The Hall–Kier alpha value is -0.880. The fourth-order valence-corrected chi connectivity index (χ4v) is 8.96. The number of aromatic nitrogens is 2. The summed E-state index contributed by atoms with van der Waals surface area (Å²) in [5, 5.41) is 15.8. The third-order valence-electron chi connectivity index (χ3n) is 10.2. The van der Waals surface area contributed by atoms with Crippen molar-refractivity contribution in [1.29, 1.82) is 0 Å². The summed E-state index contributed by atoms with van der Waals surface area (Å²) >= 11 is 0. The monoisotopic (exact) mass is 420 g/mol. The van der Waals surface area contributed by atoms with Crippen molar-refractivity contribution in [2.24, 2.45) is 34.5 Å². The lowest BCUT2D eigenvalue weighted by Gasteiger charge is -2.61. The Kier molecular flexibility index (Phi) is 4.21. The Morgan fingerprint density at radius 2 is 1.90 bits per heavy atom. The Morgan fingerprint density at radius 1 is 1.17 bits per heavy atom. The summed E-state index contributed by atoms with van der Waals surface area (Å²) in [5.74, 6) is 2.59. The van der Waals surface area contributed by atoms with Gasteiger partial charge in [-0.2, -0.15) is 9.19 Å². The highest BCUT2D eigenvalue weighted by Crippen LogP contribution is 2.68. The third kappa shape index (κ3) is 2.60. The number of nitrogens with zero attached hydrogens (tertiary/aromatic N) is 2. The van der Waals surface area contributed by atoms with E-state index in [9.17, 15) is 13.5 Å². The quantitative estimate of drug-likeness (QED) is 0.790. The first-order valence-corrected chi connectivity index (χ1v) is 13.4. The van der Waals surface area contributed by atoms with Gasteiger partial charge in [-0.25, -0.2) is 8.42 Å². The zero-order chi connectivity index (χ0) is 20.8. The predicted molar refractivity (Wildman–Crippen MR) is 113 cm³/mol. The lowest BCUT2D eigenvalue weighted by Crippen LogP contribution is -2.56. The minimum atomic E-state index is -3.33. The van der Waals surface area contributed by atoms with Crippen LogP contribution >= 0.6 is 0 Å². The molecule has 0 aliphatic heterocycles. The van der Waals surface area contributed by atoms with Gasteiger partial charge in [-0.15, -0.1) is 0 Å². The number of hydrogen-bond acceptors (Lipinski definition) is 4. The molecule has 7 atom stereocenters. The van der Waals surface area contributed by atoms with E-state index >= 15 is 0 Å². The van der Waals surface area contributed by atoms with Crippen molar-refractivity contribution in [2.45, 2.75) is 84.2 Å². The van der Waals surface area contributed by atoms with E-state index in [-0.39, 0.29) is 10.8 Å². The molecule has 5 rings (SSSR count). The molecule has 4 aliphatic rings. The van der Waals surface area contributed by atoms with Crippen LogP contribution in [0.4, 0.5) is 0 Å². The van der Waals surface area contributed by atoms with E-state index in [0.29, 0.717) is 23.7 Å². The van der Waals surface area contributed by atoms with E-state index in [1.165, 1.54) is 36.0 Å². The molecule has 162 valence electrons. The van der Waals surface area contributed by atoms with Gasteiger partial charge >= 0.3 is 0 Å². The van der Waals surface area contributed by atoms with Gasteiger partial charge in [-0.05, 0) is 97.9 Å². The Morgan fingerprint density at radius 3 is 2.59 bits per heavy atom. The first-order valence-electron chi connectivity index (χ1n) is 11.5. The smallest absolute Gasteiger partial charge is 0.250 e. The van der Waals surface area contributed by atoms with Crippen LogP contribution in [-0.4, -0.2) is 34.6 Å². The van der Waals surface area contributed by atoms with Crippen LogP contribution < -0.4 is 0 Å². The Balaban J connectivity index is 1.48. The van der Waals surface area contributed by atoms with Crippen LogP contribution in [0.25, 0.3) is 0 Å². The van der Waals surface area contributed by atoms with Gasteiger partial charge < -0.3 is 5.11 Å². The zero-order valence-corrected chi connectivity index (χ0v) is 19.1. The molecule has 3 saturated carbocycles. The van der Waals surface area contributed by atoms with E-state index in [1.54, 1.807) is 6.20 Å². The molecule has 3 fully saturated rings. The lowest BCUT2D eigenvalue weighted by molar-refractivity contribution is -0.146. The normalized spacial score (nSPS) is 46.5. The topological polar surface area (TPSA) is 72.2 Å². The molecule has 0 amide bonds. The second-order valence-corrected chi connectivity index (χ2v) is 13.0. The molecule has 1 aromatic heterocycles. The van der Waals surface area contributed by atoms with E-state index in [4.69, 9.17) is 0 Å². The van der Waals surface area contributed by atoms with Crippen LogP contribution in [0, 0.1) is 34.5 Å². The summed E-state index contributed by atoms with van der Waals surface area (Å²) in [4.78, 5) is 0. The van der Waals surface area contributed by atoms with E-state index in [1.807, 2.05) is 0 Å². The highest BCUT2D eigenvalue weighted by molar-refractivity contribution is 7.89. The van der Waals surface area contributed by atoms with Crippen molar-refractivity contribution in [3.05, 3.63) is 17.5 Å². The van der Waals surface area contributed by atoms with Crippen molar-refractivity contribution < 1.29 is 13.5 Å². The Labute approximate surface area is 175 Å². The molecule has 1 aromatic rings. The summed E-state index contributed by atoms with van der Waals surface area (Å²) < 4.78 is 25.2. The van der Waals surface area contributed by atoms with Crippen molar-refractivity contribution in [2.75, 3.05) is 6.26 Å². The molecule has 6 heteroatoms. The van der Waals surface area contributed by atoms with Crippen molar-refractivity contribution in [1.82, 2.24) is 9.19 Å². The van der Waals surface area contributed by atoms with Crippen LogP contribution in [-0.2, 0) is 22.9 Å². The highest BCUT2D eigenvalue weighted by Gasteiger charge is 2.64. The van der Waals surface area contributed by atoms with Gasteiger partial charge in [0.1, 0.15) is 0 Å². The average molecular weight is 421 g/mol. The fraction of sp³-hybridized carbons (Fsp3) is 0.870.